The number of allylic oxidation sites excluding steroid dienone is 4. The highest BCUT2D eigenvalue weighted by atomic mass is 15.1. The van der Waals surface area contributed by atoms with Crippen molar-refractivity contribution in [1.29, 1.82) is 0 Å². The van der Waals surface area contributed by atoms with E-state index < -0.39 is 0 Å². The maximum Gasteiger partial charge on any atom is 0.0540 e. The molecule has 0 amide bonds. The molecule has 0 spiro atoms. The van der Waals surface area contributed by atoms with Crippen molar-refractivity contribution >= 4 is 22.6 Å². The Balaban J connectivity index is 1.13. The van der Waals surface area contributed by atoms with Crippen LogP contribution < -0.4 is 4.90 Å². The highest BCUT2D eigenvalue weighted by Crippen LogP contribution is 2.54. The smallest absolute Gasteiger partial charge is 0.0540 e. The van der Waals surface area contributed by atoms with Crippen molar-refractivity contribution < 1.29 is 0 Å². The van der Waals surface area contributed by atoms with E-state index in [0.29, 0.717) is 5.92 Å². The second-order valence-electron chi connectivity index (χ2n) is 14.5. The van der Waals surface area contributed by atoms with Gasteiger partial charge in [-0.05, 0) is 92.9 Å². The van der Waals surface area contributed by atoms with E-state index in [4.69, 9.17) is 0 Å². The van der Waals surface area contributed by atoms with Gasteiger partial charge in [-0.15, -0.1) is 0 Å². The molecule has 1 unspecified atom stereocenters. The third-order valence-corrected chi connectivity index (χ3v) is 11.1. The van der Waals surface area contributed by atoms with Gasteiger partial charge in [0.25, 0.3) is 0 Å². The molecule has 0 bridgehead atoms. The third kappa shape index (κ3) is 5.69. The molecule has 0 heterocycles. The molecule has 0 saturated carbocycles. The highest BCUT2D eigenvalue weighted by Gasteiger charge is 2.41. The van der Waals surface area contributed by atoms with E-state index >= 15 is 0 Å². The van der Waals surface area contributed by atoms with Gasteiger partial charge in [-0.25, -0.2) is 0 Å². The minimum absolute atomic E-state index is 0.0318. The highest BCUT2D eigenvalue weighted by molar-refractivity contribution is 5.90. The Morgan fingerprint density at radius 3 is 1.75 bits per heavy atom. The molecular formula is C51H41N. The lowest BCUT2D eigenvalue weighted by Gasteiger charge is -2.29. The maximum absolute atomic E-state index is 2.48. The van der Waals surface area contributed by atoms with Crippen LogP contribution in [0.25, 0.3) is 39.0 Å². The van der Waals surface area contributed by atoms with E-state index in [2.05, 4.69) is 213 Å². The third-order valence-electron chi connectivity index (χ3n) is 11.1. The van der Waals surface area contributed by atoms with E-state index in [0.717, 1.165) is 23.5 Å². The summed E-state index contributed by atoms with van der Waals surface area (Å²) in [5.41, 5.74) is 17.7. The topological polar surface area (TPSA) is 3.24 Å². The predicted molar refractivity (Wildman–Crippen MR) is 220 cm³/mol. The summed E-state index contributed by atoms with van der Waals surface area (Å²) in [6, 6.07) is 66.1. The van der Waals surface area contributed by atoms with Crippen molar-refractivity contribution in [1.82, 2.24) is 0 Å². The zero-order valence-corrected chi connectivity index (χ0v) is 29.7. The summed E-state index contributed by atoms with van der Waals surface area (Å²) in [6.45, 7) is 4.78. The Morgan fingerprint density at radius 2 is 1.02 bits per heavy atom. The normalized spacial score (nSPS) is 15.6. The van der Waals surface area contributed by atoms with Crippen LogP contribution in [-0.2, 0) is 5.41 Å². The Bertz CT molecular complexity index is 2470. The van der Waals surface area contributed by atoms with E-state index in [1.165, 1.54) is 61.2 Å². The molecule has 250 valence electrons. The van der Waals surface area contributed by atoms with Crippen LogP contribution in [-0.4, -0.2) is 0 Å². The maximum atomic E-state index is 2.48. The summed E-state index contributed by atoms with van der Waals surface area (Å²) in [5.74, 6) is 0.472. The monoisotopic (exact) mass is 667 g/mol. The number of hydrogen-bond acceptors (Lipinski definition) is 1. The number of hydrogen-bond donors (Lipinski definition) is 0. The van der Waals surface area contributed by atoms with E-state index in [-0.39, 0.29) is 5.41 Å². The lowest BCUT2D eigenvalue weighted by atomic mass is 9.77. The van der Waals surface area contributed by atoms with Gasteiger partial charge in [-0.2, -0.15) is 0 Å². The number of benzene rings is 7. The predicted octanol–water partition coefficient (Wildman–Crippen LogP) is 13.9. The van der Waals surface area contributed by atoms with Crippen molar-refractivity contribution in [3.63, 3.8) is 0 Å². The molecule has 7 aromatic carbocycles. The molecule has 1 heteroatoms. The standard InChI is InChI=1S/C51H41N/c1-51(2)48-28-11-9-27-46(48)47-31-30-42(35-49(47)51)39-21-13-20-38(32-39)41-23-15-25-44(34-41)52(43-24-14-22-40(33-43)36-16-5-3-6-17-36)50-29-12-10-26-45(50)37-18-7-4-8-19-37/h3-30,32-35,47H,31H2,1-2H3. The molecule has 0 aromatic heterocycles. The molecule has 1 nitrogen and oxygen atoms in total. The fourth-order valence-corrected chi connectivity index (χ4v) is 8.45. The van der Waals surface area contributed by atoms with Gasteiger partial charge in [0.1, 0.15) is 0 Å². The molecule has 7 aromatic rings. The SMILES string of the molecule is CC1(C)C2=CC(c3cccc(-c4cccc(N(c5cccc(-c6ccccc6)c5)c5ccccc5-c5ccccc5)c4)c3)=CCC2c2ccccc21. The van der Waals surface area contributed by atoms with Gasteiger partial charge >= 0.3 is 0 Å². The summed E-state index contributed by atoms with van der Waals surface area (Å²) in [6.07, 6.45) is 5.97. The van der Waals surface area contributed by atoms with Gasteiger partial charge in [-0.1, -0.05) is 177 Å². The van der Waals surface area contributed by atoms with Gasteiger partial charge in [-0.3, -0.25) is 0 Å². The first-order valence-corrected chi connectivity index (χ1v) is 18.4. The number of para-hydroxylation sites is 1. The quantitative estimate of drug-likeness (QED) is 0.164. The van der Waals surface area contributed by atoms with Crippen LogP contribution in [0.15, 0.2) is 200 Å². The average molecular weight is 668 g/mol. The lowest BCUT2D eigenvalue weighted by Crippen LogP contribution is -2.17. The summed E-state index contributed by atoms with van der Waals surface area (Å²) in [5, 5.41) is 0. The largest absolute Gasteiger partial charge is 0.310 e. The lowest BCUT2D eigenvalue weighted by molar-refractivity contribution is 0.613. The molecule has 0 radical (unpaired) electrons. The summed E-state index contributed by atoms with van der Waals surface area (Å²) < 4.78 is 0. The van der Waals surface area contributed by atoms with Crippen LogP contribution >= 0.6 is 0 Å². The second-order valence-corrected chi connectivity index (χ2v) is 14.5. The molecule has 0 fully saturated rings. The van der Waals surface area contributed by atoms with E-state index in [1.807, 2.05) is 0 Å². The Morgan fingerprint density at radius 1 is 0.481 bits per heavy atom. The van der Waals surface area contributed by atoms with Crippen LogP contribution in [0.4, 0.5) is 17.1 Å². The molecule has 1 atom stereocenters. The van der Waals surface area contributed by atoms with Crippen LogP contribution in [0, 0.1) is 0 Å². The molecule has 0 aliphatic heterocycles. The zero-order valence-electron chi connectivity index (χ0n) is 29.7. The minimum Gasteiger partial charge on any atom is -0.310 e. The Hall–Kier alpha value is -6.18. The summed E-state index contributed by atoms with van der Waals surface area (Å²) in [4.78, 5) is 2.41. The van der Waals surface area contributed by atoms with Gasteiger partial charge < -0.3 is 4.90 Å². The van der Waals surface area contributed by atoms with E-state index in [9.17, 15) is 0 Å². The molecular weight excluding hydrogens is 627 g/mol. The number of nitrogens with zero attached hydrogens (tertiary/aromatic N) is 1. The summed E-state index contributed by atoms with van der Waals surface area (Å²) in [7, 11) is 0. The molecule has 2 aliphatic carbocycles. The van der Waals surface area contributed by atoms with Gasteiger partial charge in [0.05, 0.1) is 5.69 Å². The van der Waals surface area contributed by atoms with Crippen molar-refractivity contribution in [3.05, 3.63) is 216 Å². The molecule has 0 N–H and O–H groups in total. The van der Waals surface area contributed by atoms with Gasteiger partial charge in [0.15, 0.2) is 0 Å². The van der Waals surface area contributed by atoms with Crippen molar-refractivity contribution in [2.45, 2.75) is 31.6 Å². The van der Waals surface area contributed by atoms with Crippen LogP contribution in [0.5, 0.6) is 0 Å². The Kier molecular flexibility index (Phi) is 8.05. The molecule has 0 saturated heterocycles. The number of fused-ring (bicyclic) bond motifs is 3. The fraction of sp³-hybridized carbons (Fsp3) is 0.0980. The molecule has 9 rings (SSSR count). The average Bonchev–Trinajstić information content (AvgIpc) is 3.44. The molecule has 52 heavy (non-hydrogen) atoms. The first-order chi connectivity index (χ1) is 25.5. The Labute approximate surface area is 307 Å². The number of rotatable bonds is 7. The van der Waals surface area contributed by atoms with Crippen LogP contribution in [0.2, 0.25) is 0 Å². The number of anilines is 3. The van der Waals surface area contributed by atoms with Crippen molar-refractivity contribution in [3.8, 4) is 33.4 Å². The van der Waals surface area contributed by atoms with Crippen molar-refractivity contribution in [2.75, 3.05) is 4.90 Å². The zero-order chi connectivity index (χ0) is 35.1. The summed E-state index contributed by atoms with van der Waals surface area (Å²) >= 11 is 0. The first-order valence-electron chi connectivity index (χ1n) is 18.4. The first kappa shape index (κ1) is 31.8. The molecule has 2 aliphatic rings. The van der Waals surface area contributed by atoms with E-state index in [1.54, 1.807) is 0 Å². The minimum atomic E-state index is 0.0318. The fourth-order valence-electron chi connectivity index (χ4n) is 8.45. The van der Waals surface area contributed by atoms with Crippen LogP contribution in [0.3, 0.4) is 0 Å². The van der Waals surface area contributed by atoms with Gasteiger partial charge in [0.2, 0.25) is 0 Å². The van der Waals surface area contributed by atoms with Gasteiger partial charge in [0, 0.05) is 28.3 Å². The van der Waals surface area contributed by atoms with Crippen molar-refractivity contribution in [2.24, 2.45) is 0 Å². The van der Waals surface area contributed by atoms with Crippen LogP contribution in [0.1, 0.15) is 42.9 Å². The second kappa shape index (κ2) is 13.2.